The molecule has 0 aromatic heterocycles. The molecule has 0 aliphatic carbocycles. The van der Waals surface area contributed by atoms with Gasteiger partial charge in [0.05, 0.1) is 5.69 Å². The summed E-state index contributed by atoms with van der Waals surface area (Å²) in [5.41, 5.74) is 2.44. The van der Waals surface area contributed by atoms with Crippen LogP contribution in [0.3, 0.4) is 0 Å². The lowest BCUT2D eigenvalue weighted by molar-refractivity contribution is 0.431. The topological polar surface area (TPSA) is 27.6 Å². The number of hydrogen-bond donors (Lipinski definition) is 1. The monoisotopic (exact) mass is 245 g/mol. The molecule has 1 saturated heterocycles. The summed E-state index contributed by atoms with van der Waals surface area (Å²) in [7, 11) is 2.08. The van der Waals surface area contributed by atoms with E-state index in [9.17, 15) is 0 Å². The van der Waals surface area contributed by atoms with Gasteiger partial charge in [0.1, 0.15) is 0 Å². The summed E-state index contributed by atoms with van der Waals surface area (Å²) in [6.07, 6.45) is 4.87. The highest BCUT2D eigenvalue weighted by Crippen LogP contribution is 2.15. The van der Waals surface area contributed by atoms with Crippen molar-refractivity contribution in [2.75, 3.05) is 20.1 Å². The van der Waals surface area contributed by atoms with Gasteiger partial charge < -0.3 is 10.2 Å². The molecule has 1 heterocycles. The Labute approximate surface area is 110 Å². The van der Waals surface area contributed by atoms with Crippen molar-refractivity contribution in [3.8, 4) is 0 Å². The Bertz CT molecular complexity index is 395. The van der Waals surface area contributed by atoms with Crippen LogP contribution in [0.4, 0.5) is 5.69 Å². The highest BCUT2D eigenvalue weighted by atomic mass is 15.3. The first kappa shape index (κ1) is 12.9. The minimum Gasteiger partial charge on any atom is -0.356 e. The summed E-state index contributed by atoms with van der Waals surface area (Å²) < 4.78 is 0. The van der Waals surface area contributed by atoms with E-state index in [1.807, 2.05) is 0 Å². The van der Waals surface area contributed by atoms with E-state index in [1.54, 1.807) is 0 Å². The third-order valence-corrected chi connectivity index (χ3v) is 3.31. The van der Waals surface area contributed by atoms with Gasteiger partial charge in [-0.3, -0.25) is 0 Å². The summed E-state index contributed by atoms with van der Waals surface area (Å²) in [6, 6.07) is 8.61. The Hall–Kier alpha value is -1.51. The average molecular weight is 245 g/mol. The summed E-state index contributed by atoms with van der Waals surface area (Å²) in [6.45, 7) is 4.34. The molecule has 0 spiro atoms. The van der Waals surface area contributed by atoms with E-state index in [0.717, 1.165) is 24.7 Å². The Morgan fingerprint density at radius 3 is 2.72 bits per heavy atom. The Morgan fingerprint density at radius 1 is 1.28 bits per heavy atom. The number of hydrogen-bond acceptors (Lipinski definition) is 1. The number of guanidine groups is 1. The molecule has 1 aliphatic rings. The zero-order valence-corrected chi connectivity index (χ0v) is 11.4. The van der Waals surface area contributed by atoms with Crippen LogP contribution in [0.15, 0.2) is 29.3 Å². The van der Waals surface area contributed by atoms with Crippen LogP contribution < -0.4 is 5.32 Å². The third kappa shape index (κ3) is 3.49. The average Bonchev–Trinajstić information content (AvgIpc) is 2.41. The van der Waals surface area contributed by atoms with Crippen molar-refractivity contribution in [3.05, 3.63) is 29.8 Å². The molecular weight excluding hydrogens is 222 g/mol. The number of aliphatic imine (C=N–C) groups is 1. The van der Waals surface area contributed by atoms with Gasteiger partial charge in [-0.2, -0.15) is 0 Å². The molecule has 3 nitrogen and oxygen atoms in total. The number of benzene rings is 1. The van der Waals surface area contributed by atoms with E-state index in [-0.39, 0.29) is 0 Å². The largest absolute Gasteiger partial charge is 0.356 e. The summed E-state index contributed by atoms with van der Waals surface area (Å²) in [4.78, 5) is 6.83. The normalized spacial score (nSPS) is 17.9. The first-order valence-corrected chi connectivity index (χ1v) is 6.92. The Balaban J connectivity index is 2.02. The smallest absolute Gasteiger partial charge is 0.198 e. The molecule has 0 radical (unpaired) electrons. The van der Waals surface area contributed by atoms with Gasteiger partial charge in [0.25, 0.3) is 0 Å². The van der Waals surface area contributed by atoms with E-state index in [4.69, 9.17) is 0 Å². The molecule has 98 valence electrons. The van der Waals surface area contributed by atoms with E-state index >= 15 is 0 Å². The summed E-state index contributed by atoms with van der Waals surface area (Å²) in [5, 5.41) is 3.34. The van der Waals surface area contributed by atoms with Crippen molar-refractivity contribution in [2.45, 2.75) is 32.6 Å². The SMILES string of the molecule is CCCCc1ccc(/N=C2/NCCCN2C)cc1. The van der Waals surface area contributed by atoms with Crippen LogP contribution in [0.5, 0.6) is 0 Å². The molecule has 1 fully saturated rings. The quantitative estimate of drug-likeness (QED) is 0.883. The number of aryl methyl sites for hydroxylation is 1. The van der Waals surface area contributed by atoms with E-state index < -0.39 is 0 Å². The van der Waals surface area contributed by atoms with E-state index in [1.165, 1.54) is 31.2 Å². The Morgan fingerprint density at radius 2 is 2.06 bits per heavy atom. The van der Waals surface area contributed by atoms with Gasteiger partial charge in [0.2, 0.25) is 0 Å². The molecule has 3 heteroatoms. The zero-order chi connectivity index (χ0) is 12.8. The third-order valence-electron chi connectivity index (χ3n) is 3.31. The number of unbranched alkanes of at least 4 members (excludes halogenated alkanes) is 1. The molecular formula is C15H23N3. The van der Waals surface area contributed by atoms with Crippen LogP contribution in [-0.4, -0.2) is 31.0 Å². The molecule has 0 bridgehead atoms. The standard InChI is InChI=1S/C15H23N3/c1-3-4-6-13-7-9-14(10-8-13)17-15-16-11-5-12-18(15)2/h7-10H,3-6,11-12H2,1-2H3,(H,16,17). The first-order valence-electron chi connectivity index (χ1n) is 6.92. The molecule has 0 saturated carbocycles. The summed E-state index contributed by atoms with van der Waals surface area (Å²) >= 11 is 0. The minimum absolute atomic E-state index is 0.988. The van der Waals surface area contributed by atoms with Crippen molar-refractivity contribution in [1.29, 1.82) is 0 Å². The first-order chi connectivity index (χ1) is 8.79. The fraction of sp³-hybridized carbons (Fsp3) is 0.533. The zero-order valence-electron chi connectivity index (χ0n) is 11.4. The van der Waals surface area contributed by atoms with Gasteiger partial charge in [-0.25, -0.2) is 4.99 Å². The molecule has 1 aromatic rings. The van der Waals surface area contributed by atoms with Crippen molar-refractivity contribution in [3.63, 3.8) is 0 Å². The van der Waals surface area contributed by atoms with Crippen molar-refractivity contribution in [2.24, 2.45) is 4.99 Å². The maximum Gasteiger partial charge on any atom is 0.198 e. The molecule has 1 aliphatic heterocycles. The number of rotatable bonds is 4. The van der Waals surface area contributed by atoms with Gasteiger partial charge in [-0.15, -0.1) is 0 Å². The molecule has 18 heavy (non-hydrogen) atoms. The van der Waals surface area contributed by atoms with Crippen LogP contribution in [0.25, 0.3) is 0 Å². The lowest BCUT2D eigenvalue weighted by Gasteiger charge is -2.27. The lowest BCUT2D eigenvalue weighted by Crippen LogP contribution is -2.45. The highest BCUT2D eigenvalue weighted by Gasteiger charge is 2.10. The van der Waals surface area contributed by atoms with Crippen molar-refractivity contribution >= 4 is 11.6 Å². The van der Waals surface area contributed by atoms with E-state index in [0.29, 0.717) is 0 Å². The van der Waals surface area contributed by atoms with Crippen molar-refractivity contribution in [1.82, 2.24) is 10.2 Å². The van der Waals surface area contributed by atoms with E-state index in [2.05, 4.69) is 53.4 Å². The highest BCUT2D eigenvalue weighted by molar-refractivity contribution is 5.83. The van der Waals surface area contributed by atoms with Gasteiger partial charge in [0, 0.05) is 20.1 Å². The van der Waals surface area contributed by atoms with Crippen LogP contribution in [-0.2, 0) is 6.42 Å². The molecule has 0 amide bonds. The molecule has 1 N–H and O–H groups in total. The lowest BCUT2D eigenvalue weighted by atomic mass is 10.1. The molecule has 1 aromatic carbocycles. The number of nitrogens with one attached hydrogen (secondary N) is 1. The van der Waals surface area contributed by atoms with Crippen LogP contribution in [0.1, 0.15) is 31.7 Å². The fourth-order valence-corrected chi connectivity index (χ4v) is 2.12. The van der Waals surface area contributed by atoms with Gasteiger partial charge in [-0.1, -0.05) is 25.5 Å². The maximum atomic E-state index is 4.65. The second-order valence-electron chi connectivity index (χ2n) is 4.91. The van der Waals surface area contributed by atoms with Gasteiger partial charge >= 0.3 is 0 Å². The van der Waals surface area contributed by atoms with Crippen LogP contribution in [0, 0.1) is 0 Å². The van der Waals surface area contributed by atoms with Gasteiger partial charge in [-0.05, 0) is 37.0 Å². The molecule has 2 rings (SSSR count). The van der Waals surface area contributed by atoms with Gasteiger partial charge in [0.15, 0.2) is 5.96 Å². The molecule has 0 atom stereocenters. The maximum absolute atomic E-state index is 4.65. The van der Waals surface area contributed by atoms with Crippen LogP contribution >= 0.6 is 0 Å². The Kier molecular flexibility index (Phi) is 4.62. The van der Waals surface area contributed by atoms with Crippen LogP contribution in [0.2, 0.25) is 0 Å². The second-order valence-corrected chi connectivity index (χ2v) is 4.91. The van der Waals surface area contributed by atoms with Crippen molar-refractivity contribution < 1.29 is 0 Å². The summed E-state index contributed by atoms with van der Waals surface area (Å²) in [5.74, 6) is 0.988. The molecule has 0 unspecified atom stereocenters. The minimum atomic E-state index is 0.988. The second kappa shape index (κ2) is 6.43. The predicted octanol–water partition coefficient (Wildman–Crippen LogP) is 2.94. The number of nitrogens with zero attached hydrogens (tertiary/aromatic N) is 2. The predicted molar refractivity (Wildman–Crippen MR) is 77.4 cm³/mol. The fourth-order valence-electron chi connectivity index (χ4n) is 2.12.